The number of hydrogen-bond acceptors (Lipinski definition) is 6. The normalized spacial score (nSPS) is 12.0. The van der Waals surface area contributed by atoms with Gasteiger partial charge in [-0.05, 0) is 36.2 Å². The van der Waals surface area contributed by atoms with Gasteiger partial charge in [0.05, 0.1) is 11.8 Å². The van der Waals surface area contributed by atoms with Gasteiger partial charge in [-0.15, -0.1) is 0 Å². The zero-order valence-corrected chi connectivity index (χ0v) is 17.4. The number of anilines is 1. The molecule has 0 fully saturated rings. The largest absolute Gasteiger partial charge is 0.488 e. The minimum absolute atomic E-state index is 0.0348. The topological polar surface area (TPSA) is 81.3 Å². The molecule has 152 valence electrons. The van der Waals surface area contributed by atoms with E-state index in [1.54, 1.807) is 24.3 Å². The van der Waals surface area contributed by atoms with Crippen molar-refractivity contribution in [2.75, 3.05) is 18.1 Å². The number of hydrogen-bond donors (Lipinski definition) is 2. The number of nitrogens with two attached hydrogens (primary N) is 1. The fourth-order valence-corrected chi connectivity index (χ4v) is 3.62. The highest BCUT2D eigenvalue weighted by atomic mass is 35.5. The zero-order chi connectivity index (χ0) is 20.8. The van der Waals surface area contributed by atoms with E-state index in [0.29, 0.717) is 22.4 Å². The maximum absolute atomic E-state index is 13.6. The molecule has 2 aromatic carbocycles. The summed E-state index contributed by atoms with van der Waals surface area (Å²) in [6.45, 7) is 1.96. The molecule has 3 aromatic rings. The Kier molecular flexibility index (Phi) is 7.30. The van der Waals surface area contributed by atoms with Crippen LogP contribution >= 0.6 is 23.4 Å². The van der Waals surface area contributed by atoms with E-state index in [1.165, 1.54) is 23.9 Å². The first-order chi connectivity index (χ1) is 14.0. The van der Waals surface area contributed by atoms with Crippen LogP contribution in [0.4, 0.5) is 10.2 Å². The number of aliphatic hydroxyl groups excluding tert-OH is 1. The molecule has 5 nitrogen and oxygen atoms in total. The van der Waals surface area contributed by atoms with Crippen molar-refractivity contribution in [2.45, 2.75) is 24.6 Å². The van der Waals surface area contributed by atoms with Gasteiger partial charge in [0.15, 0.2) is 16.7 Å². The first kappa shape index (κ1) is 21.4. The van der Waals surface area contributed by atoms with E-state index in [4.69, 9.17) is 22.1 Å². The molecule has 1 aromatic heterocycles. The van der Waals surface area contributed by atoms with Crippen LogP contribution in [0.5, 0.6) is 5.75 Å². The van der Waals surface area contributed by atoms with Crippen LogP contribution in [0, 0.1) is 5.82 Å². The molecule has 3 N–H and O–H groups in total. The van der Waals surface area contributed by atoms with E-state index in [2.05, 4.69) is 9.97 Å². The molecule has 29 heavy (non-hydrogen) atoms. The van der Waals surface area contributed by atoms with Crippen LogP contribution in [-0.4, -0.2) is 33.5 Å². The first-order valence-electron chi connectivity index (χ1n) is 9.08. The number of rotatable bonds is 8. The lowest BCUT2D eigenvalue weighted by Gasteiger charge is -2.14. The smallest absolute Gasteiger partial charge is 0.189 e. The number of benzene rings is 2. The van der Waals surface area contributed by atoms with E-state index < -0.39 is 11.9 Å². The van der Waals surface area contributed by atoms with Crippen LogP contribution in [0.25, 0.3) is 11.1 Å². The van der Waals surface area contributed by atoms with Gasteiger partial charge in [-0.3, -0.25) is 0 Å². The second kappa shape index (κ2) is 9.91. The fourth-order valence-electron chi connectivity index (χ4n) is 2.72. The lowest BCUT2D eigenvalue weighted by atomic mass is 10.0. The Morgan fingerprint density at radius 1 is 1.17 bits per heavy atom. The van der Waals surface area contributed by atoms with Crippen LogP contribution in [-0.2, 0) is 6.42 Å². The number of aliphatic hydroxyl groups is 1. The summed E-state index contributed by atoms with van der Waals surface area (Å²) in [6, 6.07) is 13.4. The zero-order valence-electron chi connectivity index (χ0n) is 15.8. The number of thioether (sulfide) groups is 1. The van der Waals surface area contributed by atoms with Crippen LogP contribution in [0.3, 0.4) is 0 Å². The first-order valence-corrected chi connectivity index (χ1v) is 10.4. The summed E-state index contributed by atoms with van der Waals surface area (Å²) in [4.78, 5) is 8.95. The number of para-hydroxylation sites is 1. The van der Waals surface area contributed by atoms with E-state index in [1.807, 2.05) is 19.1 Å². The quantitative estimate of drug-likeness (QED) is 0.398. The molecule has 0 bridgehead atoms. The van der Waals surface area contributed by atoms with Gasteiger partial charge in [0.2, 0.25) is 0 Å². The molecule has 1 atom stereocenters. The number of halogens is 2. The summed E-state index contributed by atoms with van der Waals surface area (Å²) >= 11 is 7.23. The lowest BCUT2D eigenvalue weighted by molar-refractivity contribution is 0.123. The molecule has 0 aliphatic heterocycles. The highest BCUT2D eigenvalue weighted by molar-refractivity contribution is 7.99. The molecule has 3 rings (SSSR count). The molecule has 0 amide bonds. The minimum atomic E-state index is -0.814. The standard InChI is InChI=1S/C21H21ClFN3O2S/c1-2-17-19(13-7-9-14(22)10-8-13)20(24)26-21(25-17)29-12-15(27)11-28-18-6-4-3-5-16(18)23/h3-10,15,27H,2,11-12H2,1H3,(H2,24,25,26). The van der Waals surface area contributed by atoms with Crippen molar-refractivity contribution in [3.05, 3.63) is 65.1 Å². The molecule has 0 radical (unpaired) electrons. The molecule has 0 spiro atoms. The van der Waals surface area contributed by atoms with E-state index in [0.717, 1.165) is 16.8 Å². The third kappa shape index (κ3) is 5.59. The third-order valence-corrected chi connectivity index (χ3v) is 5.38. The summed E-state index contributed by atoms with van der Waals surface area (Å²) in [5, 5.41) is 11.3. The highest BCUT2D eigenvalue weighted by Crippen LogP contribution is 2.31. The van der Waals surface area contributed by atoms with Gasteiger partial charge < -0.3 is 15.6 Å². The Balaban J connectivity index is 1.66. The average Bonchev–Trinajstić information content (AvgIpc) is 2.72. The number of aryl methyl sites for hydroxylation is 1. The van der Waals surface area contributed by atoms with Crippen molar-refractivity contribution in [2.24, 2.45) is 0 Å². The molecule has 0 aliphatic carbocycles. The van der Waals surface area contributed by atoms with Crippen molar-refractivity contribution < 1.29 is 14.2 Å². The van der Waals surface area contributed by atoms with Crippen molar-refractivity contribution in [3.63, 3.8) is 0 Å². The maximum Gasteiger partial charge on any atom is 0.189 e. The van der Waals surface area contributed by atoms with Crippen molar-refractivity contribution in [1.82, 2.24) is 9.97 Å². The predicted molar refractivity (Wildman–Crippen MR) is 115 cm³/mol. The van der Waals surface area contributed by atoms with Crippen molar-refractivity contribution >= 4 is 29.2 Å². The van der Waals surface area contributed by atoms with E-state index in [-0.39, 0.29) is 18.1 Å². The van der Waals surface area contributed by atoms with Crippen molar-refractivity contribution in [1.29, 1.82) is 0 Å². The van der Waals surface area contributed by atoms with Gasteiger partial charge >= 0.3 is 0 Å². The Hall–Kier alpha value is -2.35. The molecule has 8 heteroatoms. The third-order valence-electron chi connectivity index (χ3n) is 4.13. The fraction of sp³-hybridized carbons (Fsp3) is 0.238. The Morgan fingerprint density at radius 3 is 2.59 bits per heavy atom. The van der Waals surface area contributed by atoms with Crippen LogP contribution in [0.15, 0.2) is 53.7 Å². The molecule has 0 aliphatic rings. The van der Waals surface area contributed by atoms with Crippen LogP contribution < -0.4 is 10.5 Å². The monoisotopic (exact) mass is 433 g/mol. The number of nitrogens with zero attached hydrogens (tertiary/aromatic N) is 2. The van der Waals surface area contributed by atoms with Gasteiger partial charge in [-0.2, -0.15) is 0 Å². The Bertz CT molecular complexity index is 973. The van der Waals surface area contributed by atoms with Crippen LogP contribution in [0.2, 0.25) is 5.02 Å². The maximum atomic E-state index is 13.6. The molecule has 0 saturated heterocycles. The molecule has 1 heterocycles. The molecule has 0 saturated carbocycles. The second-order valence-electron chi connectivity index (χ2n) is 6.28. The summed E-state index contributed by atoms with van der Waals surface area (Å²) in [7, 11) is 0. The number of ether oxygens (including phenoxy) is 1. The van der Waals surface area contributed by atoms with Crippen LogP contribution in [0.1, 0.15) is 12.6 Å². The molecular weight excluding hydrogens is 413 g/mol. The summed E-state index contributed by atoms with van der Waals surface area (Å²) in [5.74, 6) is 0.308. The summed E-state index contributed by atoms with van der Waals surface area (Å²) in [6.07, 6.45) is -0.137. The molecular formula is C21H21ClFN3O2S. The van der Waals surface area contributed by atoms with Gasteiger partial charge in [0.1, 0.15) is 12.4 Å². The van der Waals surface area contributed by atoms with Gasteiger partial charge in [-0.25, -0.2) is 14.4 Å². The van der Waals surface area contributed by atoms with Crippen molar-refractivity contribution in [3.8, 4) is 16.9 Å². The SMILES string of the molecule is CCc1nc(SCC(O)COc2ccccc2F)nc(N)c1-c1ccc(Cl)cc1. The van der Waals surface area contributed by atoms with E-state index in [9.17, 15) is 9.50 Å². The lowest BCUT2D eigenvalue weighted by Crippen LogP contribution is -2.20. The van der Waals surface area contributed by atoms with E-state index >= 15 is 0 Å². The highest BCUT2D eigenvalue weighted by Gasteiger charge is 2.15. The van der Waals surface area contributed by atoms with Gasteiger partial charge in [0, 0.05) is 16.3 Å². The summed E-state index contributed by atoms with van der Waals surface area (Å²) < 4.78 is 18.9. The molecule has 1 unspecified atom stereocenters. The average molecular weight is 434 g/mol. The Labute approximate surface area is 178 Å². The van der Waals surface area contributed by atoms with Gasteiger partial charge in [-0.1, -0.05) is 54.6 Å². The number of nitrogen functional groups attached to an aromatic ring is 1. The predicted octanol–water partition coefficient (Wildman–Crippen LogP) is 4.61. The Morgan fingerprint density at radius 2 is 1.90 bits per heavy atom. The summed E-state index contributed by atoms with van der Waals surface area (Å²) in [5.41, 5.74) is 8.71. The second-order valence-corrected chi connectivity index (χ2v) is 7.70. The van der Waals surface area contributed by atoms with Gasteiger partial charge in [0.25, 0.3) is 0 Å². The number of aromatic nitrogens is 2. The minimum Gasteiger partial charge on any atom is -0.488 e.